The van der Waals surface area contributed by atoms with E-state index in [2.05, 4.69) is 27.8 Å². The second kappa shape index (κ2) is 9.87. The number of anilines is 1. The van der Waals surface area contributed by atoms with Crippen LogP contribution >= 0.6 is 11.3 Å². The molecule has 3 rings (SSSR count). The van der Waals surface area contributed by atoms with Crippen LogP contribution in [0.15, 0.2) is 60.0 Å². The van der Waals surface area contributed by atoms with Crippen molar-refractivity contribution in [3.8, 4) is 5.75 Å². The maximum absolute atomic E-state index is 12.1. The number of nitrogens with zero attached hydrogens (tertiary/aromatic N) is 1. The van der Waals surface area contributed by atoms with Crippen LogP contribution in [-0.4, -0.2) is 18.1 Å². The molecule has 0 bridgehead atoms. The summed E-state index contributed by atoms with van der Waals surface area (Å²) in [5.41, 5.74) is 9.29. The maximum atomic E-state index is 12.1. The molecule has 6 nitrogen and oxygen atoms in total. The molecular weight excluding hydrogens is 372 g/mol. The predicted octanol–water partition coefficient (Wildman–Crippen LogP) is 4.11. The molecule has 3 aromatic rings. The zero-order valence-electron chi connectivity index (χ0n) is 15.7. The minimum atomic E-state index is -0.297. The van der Waals surface area contributed by atoms with Gasteiger partial charge in [0.25, 0.3) is 0 Å². The first-order chi connectivity index (χ1) is 13.6. The molecule has 1 unspecified atom stereocenters. The lowest BCUT2D eigenvalue weighted by molar-refractivity contribution is 0.251. The molecule has 0 fully saturated rings. The third-order valence-corrected chi connectivity index (χ3v) is 5.10. The molecule has 2 amide bonds. The maximum Gasteiger partial charge on any atom is 0.321 e. The summed E-state index contributed by atoms with van der Waals surface area (Å²) >= 11 is 1.37. The van der Waals surface area contributed by atoms with Gasteiger partial charge < -0.3 is 15.8 Å². The lowest BCUT2D eigenvalue weighted by Gasteiger charge is -2.09. The van der Waals surface area contributed by atoms with Crippen molar-refractivity contribution in [3.63, 3.8) is 0 Å². The molecule has 0 spiro atoms. The second-order valence-corrected chi connectivity index (χ2v) is 7.22. The number of aromatic nitrogens is 1. The van der Waals surface area contributed by atoms with Gasteiger partial charge in [-0.3, -0.25) is 5.32 Å². The van der Waals surface area contributed by atoms with Gasteiger partial charge in [0.1, 0.15) is 5.75 Å². The molecular formula is C21H24N4O2S. The van der Waals surface area contributed by atoms with E-state index in [0.29, 0.717) is 11.7 Å². The van der Waals surface area contributed by atoms with Gasteiger partial charge in [-0.1, -0.05) is 42.5 Å². The molecule has 28 heavy (non-hydrogen) atoms. The summed E-state index contributed by atoms with van der Waals surface area (Å²) in [6.07, 6.45) is 1.70. The summed E-state index contributed by atoms with van der Waals surface area (Å²) in [7, 11) is 1.62. The number of methoxy groups -OCH3 is 1. The van der Waals surface area contributed by atoms with Crippen molar-refractivity contribution in [2.24, 2.45) is 5.73 Å². The molecule has 0 aliphatic carbocycles. The number of rotatable bonds is 8. The highest BCUT2D eigenvalue weighted by molar-refractivity contribution is 7.13. The monoisotopic (exact) mass is 396 g/mol. The summed E-state index contributed by atoms with van der Waals surface area (Å²) < 4.78 is 5.12. The average Bonchev–Trinajstić information content (AvgIpc) is 3.20. The quantitative estimate of drug-likeness (QED) is 0.535. The number of carbonyl (C=O) groups is 1. The number of thiazole rings is 1. The van der Waals surface area contributed by atoms with Gasteiger partial charge in [0.05, 0.1) is 12.8 Å². The summed E-state index contributed by atoms with van der Waals surface area (Å²) in [5, 5.41) is 8.01. The van der Waals surface area contributed by atoms with Crippen molar-refractivity contribution in [1.29, 1.82) is 0 Å². The molecule has 0 saturated heterocycles. The molecule has 0 radical (unpaired) electrons. The number of hydrogen-bond acceptors (Lipinski definition) is 5. The zero-order valence-corrected chi connectivity index (χ0v) is 16.5. The van der Waals surface area contributed by atoms with Gasteiger partial charge in [-0.05, 0) is 36.1 Å². The first kappa shape index (κ1) is 19.9. The van der Waals surface area contributed by atoms with E-state index in [1.54, 1.807) is 7.11 Å². The van der Waals surface area contributed by atoms with Crippen LogP contribution in [0.2, 0.25) is 0 Å². The van der Waals surface area contributed by atoms with Crippen LogP contribution in [0, 0.1) is 0 Å². The normalized spacial score (nSPS) is 11.6. The Hall–Kier alpha value is -2.90. The van der Waals surface area contributed by atoms with Crippen LogP contribution in [0.3, 0.4) is 0 Å². The Labute approximate surface area is 168 Å². The van der Waals surface area contributed by atoms with E-state index in [9.17, 15) is 4.79 Å². The summed E-state index contributed by atoms with van der Waals surface area (Å²) in [4.78, 5) is 16.5. The fraction of sp³-hybridized carbons (Fsp3) is 0.238. The lowest BCUT2D eigenvalue weighted by atomic mass is 10.0. The largest absolute Gasteiger partial charge is 0.497 e. The number of urea groups is 1. The molecule has 0 aliphatic rings. The number of amides is 2. The van der Waals surface area contributed by atoms with E-state index in [4.69, 9.17) is 10.5 Å². The van der Waals surface area contributed by atoms with Crippen molar-refractivity contribution in [2.75, 3.05) is 12.4 Å². The number of aryl methyl sites for hydroxylation is 1. The Morgan fingerprint density at radius 1 is 1.14 bits per heavy atom. The molecule has 0 saturated carbocycles. The van der Waals surface area contributed by atoms with Crippen molar-refractivity contribution in [3.05, 3.63) is 76.8 Å². The minimum absolute atomic E-state index is 0.158. The van der Waals surface area contributed by atoms with Crippen LogP contribution < -0.4 is 21.1 Å². The molecule has 2 aromatic carbocycles. The van der Waals surface area contributed by atoms with Crippen LogP contribution in [0.1, 0.15) is 29.3 Å². The highest BCUT2D eigenvalue weighted by Gasteiger charge is 2.12. The van der Waals surface area contributed by atoms with Crippen molar-refractivity contribution < 1.29 is 9.53 Å². The Balaban J connectivity index is 1.45. The third kappa shape index (κ3) is 5.80. The van der Waals surface area contributed by atoms with Crippen molar-refractivity contribution in [1.82, 2.24) is 10.3 Å². The van der Waals surface area contributed by atoms with E-state index >= 15 is 0 Å². The summed E-state index contributed by atoms with van der Waals surface area (Å²) in [5.74, 6) is 0.784. The van der Waals surface area contributed by atoms with E-state index in [-0.39, 0.29) is 12.1 Å². The minimum Gasteiger partial charge on any atom is -0.497 e. The van der Waals surface area contributed by atoms with E-state index < -0.39 is 0 Å². The van der Waals surface area contributed by atoms with Gasteiger partial charge in [-0.2, -0.15) is 0 Å². The molecule has 0 aliphatic heterocycles. The first-order valence-corrected chi connectivity index (χ1v) is 9.94. The highest BCUT2D eigenvalue weighted by Crippen LogP contribution is 2.22. The molecule has 7 heteroatoms. The number of hydrogen-bond donors (Lipinski definition) is 3. The van der Waals surface area contributed by atoms with Gasteiger partial charge in [0.2, 0.25) is 0 Å². The van der Waals surface area contributed by atoms with Gasteiger partial charge >= 0.3 is 6.03 Å². The van der Waals surface area contributed by atoms with Crippen molar-refractivity contribution >= 4 is 22.5 Å². The van der Waals surface area contributed by atoms with Crippen LogP contribution in [0.4, 0.5) is 9.93 Å². The summed E-state index contributed by atoms with van der Waals surface area (Å²) in [6.45, 7) is 0.421. The predicted molar refractivity (Wildman–Crippen MR) is 113 cm³/mol. The van der Waals surface area contributed by atoms with Crippen molar-refractivity contribution in [2.45, 2.75) is 25.4 Å². The standard InChI is InChI=1S/C21H24N4O2S/c1-27-17-10-7-16(8-11-17)13-23-20(26)25-21-24-19(14-28-21)18(22)12-9-15-5-3-2-4-6-15/h2-8,10-11,14,18H,9,12-13,22H2,1H3,(H2,23,24,25,26). The fourth-order valence-corrected chi connectivity index (χ4v) is 3.47. The number of ether oxygens (including phenoxy) is 1. The van der Waals surface area contributed by atoms with Crippen LogP contribution in [0.5, 0.6) is 5.75 Å². The second-order valence-electron chi connectivity index (χ2n) is 6.36. The first-order valence-electron chi connectivity index (χ1n) is 9.07. The smallest absolute Gasteiger partial charge is 0.321 e. The highest BCUT2D eigenvalue weighted by atomic mass is 32.1. The average molecular weight is 397 g/mol. The Kier molecular flexibility index (Phi) is 7.00. The molecule has 4 N–H and O–H groups in total. The Morgan fingerprint density at radius 2 is 1.89 bits per heavy atom. The number of benzene rings is 2. The SMILES string of the molecule is COc1ccc(CNC(=O)Nc2nc(C(N)CCc3ccccc3)cs2)cc1. The zero-order chi connectivity index (χ0) is 19.8. The molecule has 1 aromatic heterocycles. The van der Waals surface area contributed by atoms with Gasteiger partial charge in [0, 0.05) is 18.0 Å². The van der Waals surface area contributed by atoms with E-state index in [1.165, 1.54) is 16.9 Å². The van der Waals surface area contributed by atoms with E-state index in [1.807, 2.05) is 47.8 Å². The van der Waals surface area contributed by atoms with Gasteiger partial charge in [-0.25, -0.2) is 9.78 Å². The number of nitrogens with two attached hydrogens (primary N) is 1. The number of carbonyl (C=O) groups excluding carboxylic acids is 1. The van der Waals surface area contributed by atoms with Gasteiger partial charge in [0.15, 0.2) is 5.13 Å². The lowest BCUT2D eigenvalue weighted by Crippen LogP contribution is -2.28. The Morgan fingerprint density at radius 3 is 2.61 bits per heavy atom. The third-order valence-electron chi connectivity index (χ3n) is 4.32. The topological polar surface area (TPSA) is 89.3 Å². The van der Waals surface area contributed by atoms with Gasteiger partial charge in [-0.15, -0.1) is 11.3 Å². The molecule has 1 heterocycles. The number of nitrogens with one attached hydrogen (secondary N) is 2. The van der Waals surface area contributed by atoms with Crippen LogP contribution in [0.25, 0.3) is 0 Å². The molecule has 1 atom stereocenters. The van der Waals surface area contributed by atoms with E-state index in [0.717, 1.165) is 29.8 Å². The fourth-order valence-electron chi connectivity index (χ4n) is 2.70. The summed E-state index contributed by atoms with van der Waals surface area (Å²) in [6, 6.07) is 17.3. The Bertz CT molecular complexity index is 881. The molecule has 146 valence electrons. The van der Waals surface area contributed by atoms with Crippen LogP contribution in [-0.2, 0) is 13.0 Å².